The first-order valence-corrected chi connectivity index (χ1v) is 9.42. The summed E-state index contributed by atoms with van der Waals surface area (Å²) in [7, 11) is 0. The van der Waals surface area contributed by atoms with E-state index >= 15 is 0 Å². The van der Waals surface area contributed by atoms with Gasteiger partial charge in [-0.3, -0.25) is 4.79 Å². The summed E-state index contributed by atoms with van der Waals surface area (Å²) in [4.78, 5) is 26.2. The molecule has 1 aliphatic carbocycles. The first kappa shape index (κ1) is 16.7. The number of rotatable bonds is 3. The van der Waals surface area contributed by atoms with Crippen molar-refractivity contribution in [2.24, 2.45) is 5.92 Å². The van der Waals surface area contributed by atoms with E-state index in [9.17, 15) is 14.7 Å². The zero-order valence-electron chi connectivity index (χ0n) is 12.8. The van der Waals surface area contributed by atoms with Gasteiger partial charge in [0.05, 0.1) is 0 Å². The van der Waals surface area contributed by atoms with Crippen LogP contribution in [-0.2, 0) is 9.59 Å². The molecule has 1 amide bonds. The maximum Gasteiger partial charge on any atom is 0.327 e. The van der Waals surface area contributed by atoms with Crippen LogP contribution in [0.15, 0.2) is 24.3 Å². The van der Waals surface area contributed by atoms with Gasteiger partial charge in [-0.15, -0.1) is 11.8 Å². The number of carbonyl (C=O) groups excluding carboxylic acids is 1. The molecule has 1 heterocycles. The second-order valence-corrected chi connectivity index (χ2v) is 7.72. The lowest BCUT2D eigenvalue weighted by atomic mass is 9.88. The topological polar surface area (TPSA) is 57.6 Å². The van der Waals surface area contributed by atoms with Gasteiger partial charge in [0.1, 0.15) is 11.4 Å². The van der Waals surface area contributed by atoms with Crippen molar-refractivity contribution in [3.05, 3.63) is 34.9 Å². The van der Waals surface area contributed by atoms with Gasteiger partial charge in [0.2, 0.25) is 5.91 Å². The number of carboxylic acids is 1. The number of benzene rings is 1. The average molecular weight is 354 g/mol. The van der Waals surface area contributed by atoms with E-state index in [2.05, 4.69) is 0 Å². The lowest BCUT2D eigenvalue weighted by Crippen LogP contribution is -2.46. The molecular weight excluding hydrogens is 334 g/mol. The summed E-state index contributed by atoms with van der Waals surface area (Å²) in [6.07, 6.45) is 5.01. The molecular formula is C17H20ClNO3S. The standard InChI is InChI=1S/C17H20ClNO3S/c18-13-8-4-7-12(9-13)16-19(14(10-23-16)17(21)22)15(20)11-5-2-1-3-6-11/h4,7-9,11,14,16H,1-3,5-6,10H2,(H,21,22). The number of thioether (sulfide) groups is 1. The predicted octanol–water partition coefficient (Wildman–Crippen LogP) is 3.95. The Kier molecular flexibility index (Phi) is 5.17. The third kappa shape index (κ3) is 3.50. The van der Waals surface area contributed by atoms with Crippen molar-refractivity contribution in [2.45, 2.75) is 43.5 Å². The molecule has 3 rings (SSSR count). The summed E-state index contributed by atoms with van der Waals surface area (Å²) in [6.45, 7) is 0. The average Bonchev–Trinajstić information content (AvgIpc) is 3.00. The lowest BCUT2D eigenvalue weighted by Gasteiger charge is -2.32. The molecule has 2 unspecified atom stereocenters. The molecule has 2 fully saturated rings. The molecule has 1 saturated carbocycles. The molecule has 124 valence electrons. The second-order valence-electron chi connectivity index (χ2n) is 6.18. The van der Waals surface area contributed by atoms with E-state index < -0.39 is 12.0 Å². The molecule has 0 bridgehead atoms. The van der Waals surface area contributed by atoms with Gasteiger partial charge in [-0.1, -0.05) is 43.0 Å². The first-order chi connectivity index (χ1) is 11.1. The minimum atomic E-state index is -0.925. The molecule has 1 aromatic rings. The molecule has 0 spiro atoms. The highest BCUT2D eigenvalue weighted by molar-refractivity contribution is 7.99. The van der Waals surface area contributed by atoms with Crippen molar-refractivity contribution in [1.82, 2.24) is 4.90 Å². The Morgan fingerprint density at radius 1 is 1.22 bits per heavy atom. The summed E-state index contributed by atoms with van der Waals surface area (Å²) < 4.78 is 0. The van der Waals surface area contributed by atoms with E-state index in [1.807, 2.05) is 18.2 Å². The van der Waals surface area contributed by atoms with E-state index in [0.29, 0.717) is 10.8 Å². The number of hydrogen-bond donors (Lipinski definition) is 1. The summed E-state index contributed by atoms with van der Waals surface area (Å²) in [5.41, 5.74) is 0.899. The van der Waals surface area contributed by atoms with E-state index in [-0.39, 0.29) is 17.2 Å². The predicted molar refractivity (Wildman–Crippen MR) is 91.5 cm³/mol. The van der Waals surface area contributed by atoms with Gasteiger partial charge in [-0.25, -0.2) is 4.79 Å². The fourth-order valence-electron chi connectivity index (χ4n) is 3.44. The van der Waals surface area contributed by atoms with Gasteiger partial charge in [-0.05, 0) is 30.5 Å². The number of amides is 1. The highest BCUT2D eigenvalue weighted by atomic mass is 35.5. The molecule has 1 saturated heterocycles. The smallest absolute Gasteiger partial charge is 0.327 e. The molecule has 4 nitrogen and oxygen atoms in total. The zero-order valence-corrected chi connectivity index (χ0v) is 14.4. The van der Waals surface area contributed by atoms with Crippen molar-refractivity contribution in [3.63, 3.8) is 0 Å². The molecule has 6 heteroatoms. The van der Waals surface area contributed by atoms with Gasteiger partial charge in [0.15, 0.2) is 0 Å². The van der Waals surface area contributed by atoms with Gasteiger partial charge < -0.3 is 10.0 Å². The SMILES string of the molecule is O=C(O)C1CSC(c2cccc(Cl)c2)N1C(=O)C1CCCCC1. The second kappa shape index (κ2) is 7.14. The molecule has 0 radical (unpaired) electrons. The Balaban J connectivity index is 1.89. The van der Waals surface area contributed by atoms with E-state index in [4.69, 9.17) is 11.6 Å². The normalized spacial score (nSPS) is 25.5. The van der Waals surface area contributed by atoms with Crippen LogP contribution < -0.4 is 0 Å². The highest BCUT2D eigenvalue weighted by Crippen LogP contribution is 2.43. The van der Waals surface area contributed by atoms with Crippen molar-refractivity contribution >= 4 is 35.2 Å². The van der Waals surface area contributed by atoms with E-state index in [1.165, 1.54) is 18.2 Å². The van der Waals surface area contributed by atoms with Crippen LogP contribution >= 0.6 is 23.4 Å². The number of halogens is 1. The quantitative estimate of drug-likeness (QED) is 0.893. The Bertz CT molecular complexity index is 603. The highest BCUT2D eigenvalue weighted by Gasteiger charge is 2.44. The zero-order chi connectivity index (χ0) is 16.4. The minimum Gasteiger partial charge on any atom is -0.480 e. The van der Waals surface area contributed by atoms with Crippen LogP contribution in [-0.4, -0.2) is 33.7 Å². The monoisotopic (exact) mass is 353 g/mol. The Labute approximate surface area is 145 Å². The molecule has 1 aliphatic heterocycles. The van der Waals surface area contributed by atoms with Crippen LogP contribution in [0.5, 0.6) is 0 Å². The van der Waals surface area contributed by atoms with Crippen LogP contribution in [0, 0.1) is 5.92 Å². The summed E-state index contributed by atoms with van der Waals surface area (Å²) >= 11 is 7.58. The van der Waals surface area contributed by atoms with Crippen LogP contribution in [0.3, 0.4) is 0 Å². The van der Waals surface area contributed by atoms with Crippen LogP contribution in [0.25, 0.3) is 0 Å². The van der Waals surface area contributed by atoms with Crippen LogP contribution in [0.2, 0.25) is 5.02 Å². The van der Waals surface area contributed by atoms with Crippen molar-refractivity contribution in [2.75, 3.05) is 5.75 Å². The maximum atomic E-state index is 13.0. The van der Waals surface area contributed by atoms with E-state index in [1.54, 1.807) is 11.0 Å². The molecule has 23 heavy (non-hydrogen) atoms. The number of carboxylic acid groups (broad SMARTS) is 1. The number of aliphatic carboxylic acids is 1. The Morgan fingerprint density at radius 2 is 1.96 bits per heavy atom. The van der Waals surface area contributed by atoms with Crippen LogP contribution in [0.1, 0.15) is 43.0 Å². The molecule has 2 atom stereocenters. The van der Waals surface area contributed by atoms with Crippen molar-refractivity contribution in [1.29, 1.82) is 0 Å². The molecule has 0 aromatic heterocycles. The van der Waals surface area contributed by atoms with Crippen molar-refractivity contribution < 1.29 is 14.7 Å². The van der Waals surface area contributed by atoms with Crippen molar-refractivity contribution in [3.8, 4) is 0 Å². The number of carbonyl (C=O) groups is 2. The number of hydrogen-bond acceptors (Lipinski definition) is 3. The van der Waals surface area contributed by atoms with Crippen LogP contribution in [0.4, 0.5) is 0 Å². The van der Waals surface area contributed by atoms with Gasteiger partial charge in [-0.2, -0.15) is 0 Å². The molecule has 2 aliphatic rings. The summed E-state index contributed by atoms with van der Waals surface area (Å²) in [5, 5.41) is 9.86. The van der Waals surface area contributed by atoms with Gasteiger partial charge >= 0.3 is 5.97 Å². The summed E-state index contributed by atoms with van der Waals surface area (Å²) in [6, 6.07) is 6.61. The summed E-state index contributed by atoms with van der Waals surface area (Å²) in [5.74, 6) is -0.547. The fraction of sp³-hybridized carbons (Fsp3) is 0.529. The Hall–Kier alpha value is -1.20. The van der Waals surface area contributed by atoms with Gasteiger partial charge in [0.25, 0.3) is 0 Å². The van der Waals surface area contributed by atoms with E-state index in [0.717, 1.165) is 31.2 Å². The molecule has 1 N–H and O–H groups in total. The molecule has 1 aromatic carbocycles. The largest absolute Gasteiger partial charge is 0.480 e. The third-order valence-corrected chi connectivity index (χ3v) is 6.19. The number of nitrogens with zero attached hydrogens (tertiary/aromatic N) is 1. The minimum absolute atomic E-state index is 0.00734. The lowest BCUT2D eigenvalue weighted by molar-refractivity contribution is -0.151. The fourth-order valence-corrected chi connectivity index (χ4v) is 5.06. The third-order valence-electron chi connectivity index (χ3n) is 4.63. The Morgan fingerprint density at radius 3 is 2.61 bits per heavy atom. The van der Waals surface area contributed by atoms with Gasteiger partial charge in [0, 0.05) is 16.7 Å². The maximum absolute atomic E-state index is 13.0. The first-order valence-electron chi connectivity index (χ1n) is 8.00.